The predicted octanol–water partition coefficient (Wildman–Crippen LogP) is 2.52. The van der Waals surface area contributed by atoms with Gasteiger partial charge in [0.1, 0.15) is 0 Å². The second-order valence-electron chi connectivity index (χ2n) is 2.93. The maximum Gasteiger partial charge on any atom is 0.0913 e. The Balaban J connectivity index is 2.11. The van der Waals surface area contributed by atoms with Crippen molar-refractivity contribution in [1.29, 1.82) is 0 Å². The first-order chi connectivity index (χ1) is 4.29. The fourth-order valence-electron chi connectivity index (χ4n) is 1.34. The number of hydrogen-bond acceptors (Lipinski definition) is 1. The maximum absolute atomic E-state index is 5.53. The molecule has 1 aliphatic carbocycles. The third kappa shape index (κ3) is 2.35. The molecule has 0 amide bonds. The van der Waals surface area contributed by atoms with E-state index in [-0.39, 0.29) is 0 Å². The predicted molar refractivity (Wildman–Crippen MR) is 37.9 cm³/mol. The highest BCUT2D eigenvalue weighted by molar-refractivity contribution is 4.72. The van der Waals surface area contributed by atoms with E-state index in [1.807, 2.05) is 13.8 Å². The van der Waals surface area contributed by atoms with Crippen LogP contribution in [0.4, 0.5) is 0 Å². The van der Waals surface area contributed by atoms with E-state index in [1.54, 1.807) is 0 Å². The Labute approximate surface area is 57.4 Å². The van der Waals surface area contributed by atoms with Gasteiger partial charge in [0.2, 0.25) is 0 Å². The van der Waals surface area contributed by atoms with E-state index >= 15 is 0 Å². The van der Waals surface area contributed by atoms with Gasteiger partial charge in [-0.3, -0.25) is 0 Å². The fraction of sp³-hybridized carbons (Fsp3) is 0.875. The van der Waals surface area contributed by atoms with Crippen LogP contribution in [0.5, 0.6) is 0 Å². The molecule has 0 N–H and O–H groups in total. The zero-order valence-corrected chi connectivity index (χ0v) is 6.31. The average molecular weight is 127 g/mol. The number of hydrogen-bond donors (Lipinski definition) is 0. The van der Waals surface area contributed by atoms with Gasteiger partial charge in [0.15, 0.2) is 0 Å². The molecule has 1 radical (unpaired) electrons. The summed E-state index contributed by atoms with van der Waals surface area (Å²) >= 11 is 0. The van der Waals surface area contributed by atoms with E-state index < -0.39 is 0 Å². The molecule has 0 aromatic carbocycles. The summed E-state index contributed by atoms with van der Waals surface area (Å²) in [6, 6.07) is 0. The molecule has 1 aliphatic rings. The van der Waals surface area contributed by atoms with E-state index in [1.165, 1.54) is 25.7 Å². The Morgan fingerprint density at radius 3 is 2.22 bits per heavy atom. The molecule has 0 atom stereocenters. The first-order valence-electron chi connectivity index (χ1n) is 3.76. The van der Waals surface area contributed by atoms with Crippen molar-refractivity contribution in [2.24, 2.45) is 0 Å². The first-order valence-corrected chi connectivity index (χ1v) is 3.76. The van der Waals surface area contributed by atoms with Gasteiger partial charge < -0.3 is 4.74 Å². The Morgan fingerprint density at radius 1 is 1.22 bits per heavy atom. The minimum absolute atomic E-state index is 0.551. The summed E-state index contributed by atoms with van der Waals surface area (Å²) in [4.78, 5) is 0. The highest BCUT2D eigenvalue weighted by Gasteiger charge is 2.16. The molecule has 53 valence electrons. The SMILES string of the molecule is C[C](C)OC1CCCC1. The van der Waals surface area contributed by atoms with Gasteiger partial charge in [0, 0.05) is 0 Å². The molecule has 1 fully saturated rings. The topological polar surface area (TPSA) is 9.23 Å². The van der Waals surface area contributed by atoms with Gasteiger partial charge in [-0.25, -0.2) is 0 Å². The van der Waals surface area contributed by atoms with Crippen molar-refractivity contribution in [2.75, 3.05) is 0 Å². The standard InChI is InChI=1S/C8H15O/c1-7(2)9-8-5-3-4-6-8/h8H,3-6H2,1-2H3. The highest BCUT2D eigenvalue weighted by atomic mass is 16.5. The molecule has 0 unspecified atom stereocenters. The highest BCUT2D eigenvalue weighted by Crippen LogP contribution is 2.23. The molecular weight excluding hydrogens is 112 g/mol. The molecule has 1 nitrogen and oxygen atoms in total. The van der Waals surface area contributed by atoms with Gasteiger partial charge in [-0.2, -0.15) is 0 Å². The largest absolute Gasteiger partial charge is 0.369 e. The van der Waals surface area contributed by atoms with Crippen LogP contribution in [-0.4, -0.2) is 6.10 Å². The minimum atomic E-state index is 0.551. The lowest BCUT2D eigenvalue weighted by Gasteiger charge is -2.12. The first kappa shape index (κ1) is 7.07. The zero-order valence-electron chi connectivity index (χ0n) is 6.31. The Hall–Kier alpha value is -0.0400. The zero-order chi connectivity index (χ0) is 6.69. The van der Waals surface area contributed by atoms with Crippen molar-refractivity contribution in [1.82, 2.24) is 0 Å². The quantitative estimate of drug-likeness (QED) is 0.553. The second kappa shape index (κ2) is 3.21. The Kier molecular flexibility index (Phi) is 2.52. The van der Waals surface area contributed by atoms with E-state index in [9.17, 15) is 0 Å². The molecule has 1 heteroatoms. The molecule has 0 saturated heterocycles. The maximum atomic E-state index is 5.53. The van der Waals surface area contributed by atoms with Crippen molar-refractivity contribution >= 4 is 0 Å². The summed E-state index contributed by atoms with van der Waals surface area (Å²) in [5.74, 6) is 0. The van der Waals surface area contributed by atoms with Crippen LogP contribution in [0.2, 0.25) is 0 Å². The molecule has 0 aliphatic heterocycles. The van der Waals surface area contributed by atoms with E-state index in [0.717, 1.165) is 6.10 Å². The van der Waals surface area contributed by atoms with E-state index in [2.05, 4.69) is 0 Å². The van der Waals surface area contributed by atoms with Crippen molar-refractivity contribution in [3.05, 3.63) is 6.10 Å². The van der Waals surface area contributed by atoms with Crippen molar-refractivity contribution in [3.8, 4) is 0 Å². The van der Waals surface area contributed by atoms with Crippen LogP contribution < -0.4 is 0 Å². The lowest BCUT2D eigenvalue weighted by Crippen LogP contribution is -2.08. The molecule has 9 heavy (non-hydrogen) atoms. The fourth-order valence-corrected chi connectivity index (χ4v) is 1.34. The van der Waals surface area contributed by atoms with Crippen molar-refractivity contribution < 1.29 is 4.74 Å². The average Bonchev–Trinajstić information content (AvgIpc) is 2.15. The lowest BCUT2D eigenvalue weighted by atomic mass is 10.3. The molecule has 0 aromatic rings. The van der Waals surface area contributed by atoms with Gasteiger partial charge in [-0.15, -0.1) is 0 Å². The van der Waals surface area contributed by atoms with Crippen LogP contribution >= 0.6 is 0 Å². The van der Waals surface area contributed by atoms with Crippen LogP contribution in [0.3, 0.4) is 0 Å². The normalized spacial score (nSPS) is 21.7. The Morgan fingerprint density at radius 2 is 1.78 bits per heavy atom. The lowest BCUT2D eigenvalue weighted by molar-refractivity contribution is 0.0772. The van der Waals surface area contributed by atoms with Gasteiger partial charge in [-0.05, 0) is 26.7 Å². The number of ether oxygens (including phenoxy) is 1. The summed E-state index contributed by atoms with van der Waals surface area (Å²) in [7, 11) is 0. The summed E-state index contributed by atoms with van der Waals surface area (Å²) < 4.78 is 5.53. The second-order valence-corrected chi connectivity index (χ2v) is 2.93. The Bertz CT molecular complexity index is 72.6. The summed E-state index contributed by atoms with van der Waals surface area (Å²) in [6.07, 6.45) is 6.92. The monoisotopic (exact) mass is 127 g/mol. The summed E-state index contributed by atoms with van der Waals surface area (Å²) in [6.45, 7) is 4.05. The molecule has 0 bridgehead atoms. The van der Waals surface area contributed by atoms with Crippen LogP contribution in [-0.2, 0) is 4.74 Å². The third-order valence-electron chi connectivity index (χ3n) is 1.70. The van der Waals surface area contributed by atoms with Gasteiger partial charge >= 0.3 is 0 Å². The van der Waals surface area contributed by atoms with E-state index in [0.29, 0.717) is 6.10 Å². The summed E-state index contributed by atoms with van der Waals surface area (Å²) in [5, 5.41) is 0. The minimum Gasteiger partial charge on any atom is -0.369 e. The molecular formula is C8H15O. The number of rotatable bonds is 2. The van der Waals surface area contributed by atoms with Crippen molar-refractivity contribution in [2.45, 2.75) is 45.6 Å². The summed E-state index contributed by atoms with van der Waals surface area (Å²) in [5.41, 5.74) is 0. The van der Waals surface area contributed by atoms with Crippen molar-refractivity contribution in [3.63, 3.8) is 0 Å². The van der Waals surface area contributed by atoms with Gasteiger partial charge in [-0.1, -0.05) is 12.8 Å². The van der Waals surface area contributed by atoms with Crippen LogP contribution in [0, 0.1) is 6.10 Å². The molecule has 1 saturated carbocycles. The van der Waals surface area contributed by atoms with Crippen LogP contribution in [0.15, 0.2) is 0 Å². The third-order valence-corrected chi connectivity index (χ3v) is 1.70. The van der Waals surface area contributed by atoms with Gasteiger partial charge in [0.25, 0.3) is 0 Å². The molecule has 0 aromatic heterocycles. The molecule has 1 rings (SSSR count). The van der Waals surface area contributed by atoms with E-state index in [4.69, 9.17) is 4.74 Å². The van der Waals surface area contributed by atoms with Crippen LogP contribution in [0.1, 0.15) is 39.5 Å². The van der Waals surface area contributed by atoms with Gasteiger partial charge in [0.05, 0.1) is 12.2 Å². The smallest absolute Gasteiger partial charge is 0.0913 e. The molecule has 0 heterocycles. The molecule has 0 spiro atoms. The van der Waals surface area contributed by atoms with Crippen LogP contribution in [0.25, 0.3) is 0 Å².